The van der Waals surface area contributed by atoms with Gasteiger partial charge < -0.3 is 14.6 Å². The van der Waals surface area contributed by atoms with Crippen molar-refractivity contribution in [2.45, 2.75) is 54.0 Å². The van der Waals surface area contributed by atoms with Gasteiger partial charge in [0.1, 0.15) is 5.75 Å². The average molecular weight is 405 g/mol. The van der Waals surface area contributed by atoms with Gasteiger partial charge in [0.25, 0.3) is 5.56 Å². The first-order chi connectivity index (χ1) is 13.6. The van der Waals surface area contributed by atoms with Crippen molar-refractivity contribution in [3.63, 3.8) is 0 Å². The molecule has 0 radical (unpaired) electrons. The highest BCUT2D eigenvalue weighted by Gasteiger charge is 2.27. The van der Waals surface area contributed by atoms with Gasteiger partial charge in [-0.1, -0.05) is 34.1 Å². The zero-order chi connectivity index (χ0) is 21.8. The molecule has 0 aliphatic rings. The fraction of sp³-hybridized carbons (Fsp3) is 0.545. The lowest BCUT2D eigenvalue weighted by atomic mass is 9.96. The molecule has 0 saturated heterocycles. The van der Waals surface area contributed by atoms with Crippen LogP contribution in [0.25, 0.3) is 10.8 Å². The Morgan fingerprint density at radius 3 is 2.41 bits per heavy atom. The number of amides is 1. The van der Waals surface area contributed by atoms with E-state index in [-0.39, 0.29) is 16.8 Å². The number of fused-ring (bicyclic) bond motifs is 1. The molecule has 0 aliphatic carbocycles. The third-order valence-corrected chi connectivity index (χ3v) is 4.46. The highest BCUT2D eigenvalue weighted by molar-refractivity contribution is 5.97. The maximum atomic E-state index is 13.4. The van der Waals surface area contributed by atoms with Crippen LogP contribution in [0.2, 0.25) is 0 Å². The topological polar surface area (TPSA) is 81.0 Å². The van der Waals surface area contributed by atoms with Crippen molar-refractivity contribution in [3.05, 3.63) is 28.6 Å². The van der Waals surface area contributed by atoms with Crippen molar-refractivity contribution in [2.75, 3.05) is 25.2 Å². The predicted octanol–water partition coefficient (Wildman–Crippen LogP) is 4.74. The van der Waals surface area contributed by atoms with Crippen LogP contribution in [0.1, 0.15) is 47.5 Å². The maximum absolute atomic E-state index is 13.4. The van der Waals surface area contributed by atoms with Crippen LogP contribution in [0.15, 0.2) is 23.0 Å². The van der Waals surface area contributed by atoms with E-state index in [4.69, 9.17) is 9.47 Å². The van der Waals surface area contributed by atoms with E-state index in [1.54, 1.807) is 18.2 Å². The number of aromatic nitrogens is 1. The number of carbonyl (C=O) groups is 1. The minimum atomic E-state index is -1.16. The Morgan fingerprint density at radius 1 is 1.17 bits per heavy atom. The lowest BCUT2D eigenvalue weighted by Crippen LogP contribution is -2.35. The molecule has 0 saturated carbocycles. The third kappa shape index (κ3) is 5.22. The smallest absolute Gasteiger partial charge is 0.412 e. The van der Waals surface area contributed by atoms with E-state index < -0.39 is 6.09 Å². The molecule has 1 heterocycles. The minimum absolute atomic E-state index is 0.239. The van der Waals surface area contributed by atoms with E-state index in [1.807, 2.05) is 27.7 Å². The van der Waals surface area contributed by atoms with Gasteiger partial charge in [-0.15, -0.1) is 0 Å². The lowest BCUT2D eigenvalue weighted by molar-refractivity contribution is 0.202. The number of benzene rings is 1. The first-order valence-electron chi connectivity index (χ1n) is 10.0. The van der Waals surface area contributed by atoms with Crippen LogP contribution < -0.4 is 19.9 Å². The summed E-state index contributed by atoms with van der Waals surface area (Å²) < 4.78 is 13.2. The molecule has 1 amide bonds. The lowest BCUT2D eigenvalue weighted by Gasteiger charge is -2.28. The van der Waals surface area contributed by atoms with Crippen LogP contribution in [-0.4, -0.2) is 36.0 Å². The van der Waals surface area contributed by atoms with Crippen LogP contribution in [0, 0.1) is 5.41 Å². The Hall–Kier alpha value is -2.70. The van der Waals surface area contributed by atoms with Gasteiger partial charge in [-0.05, 0) is 37.0 Å². The summed E-state index contributed by atoms with van der Waals surface area (Å²) in [5.41, 5.74) is -0.485. The number of carboxylic acid groups (broad SMARTS) is 1. The average Bonchev–Trinajstić information content (AvgIpc) is 2.64. The number of pyridine rings is 1. The van der Waals surface area contributed by atoms with Crippen molar-refractivity contribution in [1.29, 1.82) is 0 Å². The number of hydrogen-bond donors (Lipinski definition) is 1. The fourth-order valence-electron chi connectivity index (χ4n) is 3.14. The summed E-state index contributed by atoms with van der Waals surface area (Å²) in [6.07, 6.45) is 0.600. The molecule has 0 fully saturated rings. The molecule has 1 aromatic carbocycles. The Balaban J connectivity index is 2.89. The van der Waals surface area contributed by atoms with Gasteiger partial charge in [-0.2, -0.15) is 0 Å². The monoisotopic (exact) mass is 404 g/mol. The molecule has 7 nitrogen and oxygen atoms in total. The summed E-state index contributed by atoms with van der Waals surface area (Å²) in [7, 11) is 1.43. The zero-order valence-corrected chi connectivity index (χ0v) is 18.2. The van der Waals surface area contributed by atoms with E-state index in [2.05, 4.69) is 6.92 Å². The number of rotatable bonds is 8. The number of anilines is 1. The maximum Gasteiger partial charge on any atom is 0.412 e. The predicted molar refractivity (Wildman–Crippen MR) is 116 cm³/mol. The Morgan fingerprint density at radius 2 is 1.86 bits per heavy atom. The first-order valence-corrected chi connectivity index (χ1v) is 10.0. The van der Waals surface area contributed by atoms with Gasteiger partial charge in [0.05, 0.1) is 18.6 Å². The van der Waals surface area contributed by atoms with Gasteiger partial charge in [0.2, 0.25) is 0 Å². The number of unbranched alkanes of at least 4 members (excludes halogenated alkanes) is 1. The fourth-order valence-corrected chi connectivity index (χ4v) is 3.14. The Bertz CT molecular complexity index is 927. The molecular formula is C22H32N2O5. The molecular weight excluding hydrogens is 372 g/mol. The molecule has 7 heteroatoms. The molecule has 0 aliphatic heterocycles. The second-order valence-electron chi connectivity index (χ2n) is 8.29. The molecule has 29 heavy (non-hydrogen) atoms. The van der Waals surface area contributed by atoms with Crippen LogP contribution >= 0.6 is 0 Å². The van der Waals surface area contributed by atoms with Crippen LogP contribution in [-0.2, 0) is 6.54 Å². The van der Waals surface area contributed by atoms with Gasteiger partial charge >= 0.3 is 6.09 Å². The summed E-state index contributed by atoms with van der Waals surface area (Å²) in [6.45, 7) is 11.2. The Kier molecular flexibility index (Phi) is 7.16. The van der Waals surface area contributed by atoms with E-state index in [0.717, 1.165) is 17.7 Å². The quantitative estimate of drug-likeness (QED) is 0.643. The molecule has 0 atom stereocenters. The van der Waals surface area contributed by atoms with Gasteiger partial charge in [-0.3, -0.25) is 14.3 Å². The molecule has 2 aromatic rings. The minimum Gasteiger partial charge on any atom is -0.494 e. The summed E-state index contributed by atoms with van der Waals surface area (Å²) >= 11 is 0. The van der Waals surface area contributed by atoms with Gasteiger partial charge in [-0.25, -0.2) is 4.79 Å². The largest absolute Gasteiger partial charge is 0.494 e. The normalized spacial score (nSPS) is 11.5. The van der Waals surface area contributed by atoms with Crippen LogP contribution in [0.5, 0.6) is 11.5 Å². The summed E-state index contributed by atoms with van der Waals surface area (Å²) in [4.78, 5) is 26.3. The second-order valence-corrected chi connectivity index (χ2v) is 8.29. The van der Waals surface area contributed by atoms with Crippen molar-refractivity contribution in [2.24, 2.45) is 5.41 Å². The summed E-state index contributed by atoms with van der Waals surface area (Å²) in [6, 6.07) is 5.23. The van der Waals surface area contributed by atoms with E-state index in [9.17, 15) is 14.7 Å². The number of ether oxygens (including phenoxy) is 2. The van der Waals surface area contributed by atoms with E-state index in [0.29, 0.717) is 42.0 Å². The first kappa shape index (κ1) is 22.6. The van der Waals surface area contributed by atoms with Crippen LogP contribution in [0.3, 0.4) is 0 Å². The summed E-state index contributed by atoms with van der Waals surface area (Å²) in [5, 5.41) is 10.7. The van der Waals surface area contributed by atoms with Crippen molar-refractivity contribution < 1.29 is 19.4 Å². The molecule has 0 spiro atoms. The highest BCUT2D eigenvalue weighted by atomic mass is 16.5. The standard InChI is InChI=1S/C22H32N2O5/c1-7-9-12-29-18-17-13-15(28-8-2)10-11-16(17)20(25)24(14-22(3,4)5)19(18)23(6)21(26)27/h10-11,13H,7-9,12,14H2,1-6H3,(H,26,27). The molecule has 160 valence electrons. The van der Waals surface area contributed by atoms with E-state index in [1.165, 1.54) is 11.6 Å². The second kappa shape index (κ2) is 9.20. The molecule has 1 N–H and O–H groups in total. The highest BCUT2D eigenvalue weighted by Crippen LogP contribution is 2.37. The Labute approximate surface area is 171 Å². The van der Waals surface area contributed by atoms with Crippen LogP contribution in [0.4, 0.5) is 10.6 Å². The van der Waals surface area contributed by atoms with Crippen molar-refractivity contribution in [3.8, 4) is 11.5 Å². The third-order valence-electron chi connectivity index (χ3n) is 4.46. The number of hydrogen-bond acceptors (Lipinski definition) is 4. The molecule has 1 aromatic heterocycles. The van der Waals surface area contributed by atoms with E-state index >= 15 is 0 Å². The van der Waals surface area contributed by atoms with Gasteiger partial charge in [0, 0.05) is 19.0 Å². The molecule has 2 rings (SSSR count). The SMILES string of the molecule is CCCCOc1c(N(C)C(=O)O)n(CC(C)(C)C)c(=O)c2ccc(OCC)cc12. The number of nitrogens with zero attached hydrogens (tertiary/aromatic N) is 2. The van der Waals surface area contributed by atoms with Gasteiger partial charge in [0.15, 0.2) is 11.6 Å². The van der Waals surface area contributed by atoms with Crippen molar-refractivity contribution in [1.82, 2.24) is 4.57 Å². The molecule has 0 unspecified atom stereocenters. The van der Waals surface area contributed by atoms with Crippen molar-refractivity contribution >= 4 is 22.7 Å². The summed E-state index contributed by atoms with van der Waals surface area (Å²) in [5.74, 6) is 1.25. The molecule has 0 bridgehead atoms. The zero-order valence-electron chi connectivity index (χ0n) is 18.2.